The van der Waals surface area contributed by atoms with E-state index >= 15 is 0 Å². The molecular weight excluding hydrogens is 284 g/mol. The van der Waals surface area contributed by atoms with Gasteiger partial charge >= 0.3 is 0 Å². The van der Waals surface area contributed by atoms with Gasteiger partial charge in [0.25, 0.3) is 0 Å². The molecule has 0 aromatic heterocycles. The molecule has 0 aromatic rings. The summed E-state index contributed by atoms with van der Waals surface area (Å²) in [5, 5.41) is 11.0. The quantitative estimate of drug-likeness (QED) is 0.593. The maximum Gasteiger partial charge on any atom is 0.155 e. The zero-order valence-corrected chi connectivity index (χ0v) is 13.9. The topological polar surface area (TPSA) is 37.3 Å². The van der Waals surface area contributed by atoms with Crippen molar-refractivity contribution >= 4 is 5.78 Å². The number of ketones is 1. The summed E-state index contributed by atoms with van der Waals surface area (Å²) in [6, 6.07) is 0. The van der Waals surface area contributed by atoms with Crippen molar-refractivity contribution in [1.82, 2.24) is 0 Å². The Labute approximate surface area is 139 Å². The summed E-state index contributed by atoms with van der Waals surface area (Å²) >= 11 is 0. The normalized spacial score (nSPS) is 48.0. The Hall–Kier alpha value is -1.33. The molecule has 2 saturated carbocycles. The Bertz CT molecular complexity index is 637. The van der Waals surface area contributed by atoms with Crippen molar-refractivity contribution in [2.24, 2.45) is 29.1 Å². The fourth-order valence-corrected chi connectivity index (χ4v) is 6.38. The molecule has 0 saturated heterocycles. The van der Waals surface area contributed by atoms with E-state index in [1.807, 2.05) is 12.2 Å². The van der Waals surface area contributed by atoms with Crippen LogP contribution in [0, 0.1) is 41.4 Å². The molecule has 4 aliphatic carbocycles. The molecular formula is C21H26O2. The summed E-state index contributed by atoms with van der Waals surface area (Å²) in [7, 11) is 0. The van der Waals surface area contributed by atoms with Gasteiger partial charge in [-0.2, -0.15) is 0 Å². The van der Waals surface area contributed by atoms with Gasteiger partial charge in [-0.25, -0.2) is 0 Å². The highest BCUT2D eigenvalue weighted by atomic mass is 16.3. The van der Waals surface area contributed by atoms with Crippen molar-refractivity contribution in [2.75, 3.05) is 0 Å². The van der Waals surface area contributed by atoms with Gasteiger partial charge in [0.05, 0.1) is 0 Å². The second-order valence-corrected chi connectivity index (χ2v) is 8.04. The molecule has 122 valence electrons. The van der Waals surface area contributed by atoms with Gasteiger partial charge in [-0.3, -0.25) is 4.79 Å². The minimum atomic E-state index is -1.07. The van der Waals surface area contributed by atoms with Gasteiger partial charge in [0, 0.05) is 11.8 Å². The molecule has 23 heavy (non-hydrogen) atoms. The molecule has 6 atom stereocenters. The van der Waals surface area contributed by atoms with Crippen molar-refractivity contribution in [2.45, 2.75) is 57.5 Å². The van der Waals surface area contributed by atoms with Crippen LogP contribution in [0.4, 0.5) is 0 Å². The number of hydrogen-bond donors (Lipinski definition) is 1. The molecule has 0 aromatic carbocycles. The minimum absolute atomic E-state index is 0.172. The number of rotatable bonds is 1. The van der Waals surface area contributed by atoms with Crippen molar-refractivity contribution in [1.29, 1.82) is 0 Å². The molecule has 1 N–H and O–H groups in total. The van der Waals surface area contributed by atoms with Crippen LogP contribution in [0.2, 0.25) is 0 Å². The molecule has 0 amide bonds. The van der Waals surface area contributed by atoms with Crippen LogP contribution in [0.1, 0.15) is 51.9 Å². The van der Waals surface area contributed by atoms with E-state index < -0.39 is 5.60 Å². The van der Waals surface area contributed by atoms with E-state index in [-0.39, 0.29) is 5.41 Å². The van der Waals surface area contributed by atoms with Crippen molar-refractivity contribution in [3.63, 3.8) is 0 Å². The van der Waals surface area contributed by atoms with Gasteiger partial charge < -0.3 is 5.11 Å². The lowest BCUT2D eigenvalue weighted by atomic mass is 9.49. The van der Waals surface area contributed by atoms with E-state index in [0.717, 1.165) is 38.5 Å². The highest BCUT2D eigenvalue weighted by Crippen LogP contribution is 2.63. The lowest BCUT2D eigenvalue weighted by Gasteiger charge is -2.55. The molecule has 2 nitrogen and oxygen atoms in total. The van der Waals surface area contributed by atoms with E-state index in [0.29, 0.717) is 35.9 Å². The molecule has 0 radical (unpaired) electrons. The largest absolute Gasteiger partial charge is 0.373 e. The molecule has 0 spiro atoms. The molecule has 2 heteroatoms. The highest BCUT2D eigenvalue weighted by Gasteiger charge is 2.61. The average Bonchev–Trinajstić information content (AvgIpc) is 2.88. The Morgan fingerprint density at radius 2 is 2.13 bits per heavy atom. The van der Waals surface area contributed by atoms with Gasteiger partial charge in [0.2, 0.25) is 0 Å². The Morgan fingerprint density at radius 3 is 2.87 bits per heavy atom. The van der Waals surface area contributed by atoms with Gasteiger partial charge in [-0.05, 0) is 74.3 Å². The molecule has 0 aliphatic heterocycles. The SMILES string of the molecule is C#C[C@]1(O)C=CC2[C@@H]3CCC4=CC(=O)CC[C@@H]4[C@H]3CC[C@@]21CC. The number of aliphatic hydroxyl groups is 1. The van der Waals surface area contributed by atoms with Crippen molar-refractivity contribution in [3.05, 3.63) is 23.8 Å². The number of hydrogen-bond acceptors (Lipinski definition) is 2. The summed E-state index contributed by atoms with van der Waals surface area (Å²) in [4.78, 5) is 11.7. The monoisotopic (exact) mass is 310 g/mol. The maximum atomic E-state index is 11.7. The second-order valence-electron chi connectivity index (χ2n) is 8.04. The summed E-state index contributed by atoms with van der Waals surface area (Å²) in [6.07, 6.45) is 18.8. The number of carbonyl (C=O) groups excluding carboxylic acids is 1. The van der Waals surface area contributed by atoms with Crippen LogP contribution in [0.3, 0.4) is 0 Å². The van der Waals surface area contributed by atoms with Crippen LogP contribution in [-0.2, 0) is 4.79 Å². The number of terminal acetylenes is 1. The number of allylic oxidation sites excluding steroid dienone is 3. The zero-order chi connectivity index (χ0) is 16.2. The molecule has 0 heterocycles. The van der Waals surface area contributed by atoms with E-state index in [2.05, 4.69) is 18.9 Å². The lowest BCUT2D eigenvalue weighted by Crippen LogP contribution is -2.54. The maximum absolute atomic E-state index is 11.7. The molecule has 1 unspecified atom stereocenters. The molecule has 4 rings (SSSR count). The van der Waals surface area contributed by atoms with E-state index in [1.54, 1.807) is 0 Å². The van der Waals surface area contributed by atoms with Crippen LogP contribution in [-0.4, -0.2) is 16.5 Å². The third kappa shape index (κ3) is 1.89. The first-order valence-corrected chi connectivity index (χ1v) is 9.17. The van der Waals surface area contributed by atoms with E-state index in [9.17, 15) is 9.90 Å². The van der Waals surface area contributed by atoms with Gasteiger partial charge in [0.15, 0.2) is 5.78 Å². The summed E-state index contributed by atoms with van der Waals surface area (Å²) in [6.45, 7) is 2.18. The predicted octanol–water partition coefficient (Wildman–Crippen LogP) is 3.66. The molecule has 0 bridgehead atoms. The van der Waals surface area contributed by atoms with Gasteiger partial charge in [0.1, 0.15) is 5.60 Å². The van der Waals surface area contributed by atoms with Crippen LogP contribution in [0.5, 0.6) is 0 Å². The Balaban J connectivity index is 1.69. The smallest absolute Gasteiger partial charge is 0.155 e. The first kappa shape index (κ1) is 15.2. The third-order valence-electron chi connectivity index (χ3n) is 7.54. The highest BCUT2D eigenvalue weighted by molar-refractivity contribution is 5.91. The van der Waals surface area contributed by atoms with Crippen molar-refractivity contribution < 1.29 is 9.90 Å². The summed E-state index contributed by atoms with van der Waals surface area (Å²) in [5.74, 6) is 5.28. The third-order valence-corrected chi connectivity index (χ3v) is 7.54. The Kier molecular flexibility index (Phi) is 3.36. The number of fused-ring (bicyclic) bond motifs is 5. The average molecular weight is 310 g/mol. The van der Waals surface area contributed by atoms with Crippen LogP contribution >= 0.6 is 0 Å². The lowest BCUT2D eigenvalue weighted by molar-refractivity contribution is -0.116. The zero-order valence-electron chi connectivity index (χ0n) is 13.9. The first-order valence-electron chi connectivity index (χ1n) is 9.17. The van der Waals surface area contributed by atoms with Crippen LogP contribution in [0.25, 0.3) is 0 Å². The fraction of sp³-hybridized carbons (Fsp3) is 0.667. The fourth-order valence-electron chi connectivity index (χ4n) is 6.38. The standard InChI is InChI=1S/C21H26O2/c1-3-20-11-9-17-16-8-6-15(22)13-14(16)5-7-18(17)19(20)10-12-21(20,23)4-2/h2,10,12-13,16-19,23H,3,5-9,11H2,1H3/t16-,17+,18+,19?,20-,21-/m0/s1. The van der Waals surface area contributed by atoms with Crippen LogP contribution < -0.4 is 0 Å². The van der Waals surface area contributed by atoms with Gasteiger partial charge in [-0.15, -0.1) is 6.42 Å². The van der Waals surface area contributed by atoms with E-state index in [4.69, 9.17) is 6.42 Å². The van der Waals surface area contributed by atoms with Crippen molar-refractivity contribution in [3.8, 4) is 12.3 Å². The summed E-state index contributed by atoms with van der Waals surface area (Å²) in [5.41, 5.74) is 0.158. The van der Waals surface area contributed by atoms with Crippen LogP contribution in [0.15, 0.2) is 23.8 Å². The second kappa shape index (κ2) is 5.08. The predicted molar refractivity (Wildman–Crippen MR) is 90.4 cm³/mol. The first-order chi connectivity index (χ1) is 11.0. The van der Waals surface area contributed by atoms with Gasteiger partial charge in [-0.1, -0.05) is 24.5 Å². The van der Waals surface area contributed by atoms with E-state index in [1.165, 1.54) is 5.57 Å². The molecule has 2 fully saturated rings. The Morgan fingerprint density at radius 1 is 1.30 bits per heavy atom. The summed E-state index contributed by atoms with van der Waals surface area (Å²) < 4.78 is 0. The number of carbonyl (C=O) groups is 1. The minimum Gasteiger partial charge on any atom is -0.373 e. The molecule has 4 aliphatic rings.